The maximum absolute atomic E-state index is 13.4. The number of carbonyl (C=O) groups excluding carboxylic acids is 1. The van der Waals surface area contributed by atoms with E-state index in [1.807, 2.05) is 0 Å². The fraction of sp³-hybridized carbons (Fsp3) is 0.167. The number of benzene rings is 1. The zero-order valence-electron chi connectivity index (χ0n) is 10.4. The molecule has 4 nitrogen and oxygen atoms in total. The van der Waals surface area contributed by atoms with E-state index >= 15 is 0 Å². The van der Waals surface area contributed by atoms with Crippen molar-refractivity contribution in [3.63, 3.8) is 0 Å². The van der Waals surface area contributed by atoms with Crippen molar-refractivity contribution < 1.29 is 22.4 Å². The van der Waals surface area contributed by atoms with Gasteiger partial charge in [-0.15, -0.1) is 11.3 Å². The number of anilines is 1. The Morgan fingerprint density at radius 2 is 1.86 bits per heavy atom. The summed E-state index contributed by atoms with van der Waals surface area (Å²) in [6.07, 6.45) is 0.440. The van der Waals surface area contributed by atoms with Crippen LogP contribution in [0.1, 0.15) is 15.5 Å². The lowest BCUT2D eigenvalue weighted by atomic mass is 10.2. The van der Waals surface area contributed by atoms with Gasteiger partial charge in [-0.25, -0.2) is 22.5 Å². The minimum atomic E-state index is -1.68. The third-order valence-corrected chi connectivity index (χ3v) is 3.40. The van der Waals surface area contributed by atoms with Crippen LogP contribution in [0, 0.1) is 23.3 Å². The van der Waals surface area contributed by atoms with E-state index in [4.69, 9.17) is 5.73 Å². The predicted molar refractivity (Wildman–Crippen MR) is 69.1 cm³/mol. The fourth-order valence-electron chi connectivity index (χ4n) is 1.51. The van der Waals surface area contributed by atoms with Crippen LogP contribution in [-0.4, -0.2) is 17.4 Å². The molecule has 2 aromatic rings. The van der Waals surface area contributed by atoms with Gasteiger partial charge in [0.2, 0.25) is 0 Å². The maximum Gasteiger partial charge on any atom is 0.275 e. The first-order valence-electron chi connectivity index (χ1n) is 5.72. The fourth-order valence-corrected chi connectivity index (χ4v) is 2.31. The summed E-state index contributed by atoms with van der Waals surface area (Å²) in [5.41, 5.74) is 4.02. The number of thiazole rings is 1. The van der Waals surface area contributed by atoms with Crippen molar-refractivity contribution in [1.82, 2.24) is 4.98 Å². The standard InChI is InChI=1S/C12H9F4N3OS/c13-5-3-6(14)10(16)11(9(5)15)19-12(20)7-4-21-8(18-7)1-2-17/h3-4H,1-2,17H2,(H,19,20). The molecule has 0 saturated carbocycles. The molecule has 1 aromatic heterocycles. The normalized spacial score (nSPS) is 10.7. The molecule has 0 aliphatic carbocycles. The molecule has 0 radical (unpaired) electrons. The third-order valence-electron chi connectivity index (χ3n) is 2.49. The molecule has 0 atom stereocenters. The minimum Gasteiger partial charge on any atom is -0.330 e. The summed E-state index contributed by atoms with van der Waals surface area (Å²) in [4.78, 5) is 15.7. The Balaban J connectivity index is 2.27. The lowest BCUT2D eigenvalue weighted by Gasteiger charge is -2.07. The smallest absolute Gasteiger partial charge is 0.275 e. The van der Waals surface area contributed by atoms with Crippen LogP contribution in [0.5, 0.6) is 0 Å². The number of nitrogens with zero attached hydrogens (tertiary/aromatic N) is 1. The predicted octanol–water partition coefficient (Wildman–Crippen LogP) is 2.45. The van der Waals surface area contributed by atoms with Crippen LogP contribution in [0.25, 0.3) is 0 Å². The number of hydrogen-bond donors (Lipinski definition) is 2. The average molecular weight is 319 g/mol. The van der Waals surface area contributed by atoms with Gasteiger partial charge in [0.05, 0.1) is 5.01 Å². The second-order valence-electron chi connectivity index (χ2n) is 3.96. The van der Waals surface area contributed by atoms with Crippen LogP contribution in [0.3, 0.4) is 0 Å². The van der Waals surface area contributed by atoms with E-state index < -0.39 is 34.9 Å². The second kappa shape index (κ2) is 6.19. The second-order valence-corrected chi connectivity index (χ2v) is 4.91. The number of nitrogens with one attached hydrogen (secondary N) is 1. The molecule has 9 heteroatoms. The van der Waals surface area contributed by atoms with Crippen LogP contribution in [0.2, 0.25) is 0 Å². The molecule has 21 heavy (non-hydrogen) atoms. The van der Waals surface area contributed by atoms with E-state index in [1.54, 1.807) is 5.32 Å². The molecule has 0 fully saturated rings. The SMILES string of the molecule is NCCc1nc(C(=O)Nc2c(F)c(F)cc(F)c2F)cs1. The van der Waals surface area contributed by atoms with Gasteiger partial charge in [0.1, 0.15) is 11.4 Å². The molecule has 3 N–H and O–H groups in total. The minimum absolute atomic E-state index is 0.0581. The van der Waals surface area contributed by atoms with Crippen molar-refractivity contribution in [2.75, 3.05) is 11.9 Å². The monoisotopic (exact) mass is 319 g/mol. The van der Waals surface area contributed by atoms with E-state index in [-0.39, 0.29) is 11.8 Å². The van der Waals surface area contributed by atoms with Gasteiger partial charge in [-0.3, -0.25) is 4.79 Å². The van der Waals surface area contributed by atoms with Gasteiger partial charge in [-0.1, -0.05) is 0 Å². The molecular formula is C12H9F4N3OS. The van der Waals surface area contributed by atoms with Crippen LogP contribution in [0.15, 0.2) is 11.4 Å². The van der Waals surface area contributed by atoms with Crippen LogP contribution >= 0.6 is 11.3 Å². The quantitative estimate of drug-likeness (QED) is 0.672. The van der Waals surface area contributed by atoms with Crippen molar-refractivity contribution in [2.45, 2.75) is 6.42 Å². The van der Waals surface area contributed by atoms with Crippen molar-refractivity contribution in [3.05, 3.63) is 45.4 Å². The van der Waals surface area contributed by atoms with Crippen molar-refractivity contribution in [3.8, 4) is 0 Å². The Labute approximate surface area is 120 Å². The van der Waals surface area contributed by atoms with E-state index in [9.17, 15) is 22.4 Å². The Kier molecular flexibility index (Phi) is 4.53. The lowest BCUT2D eigenvalue weighted by molar-refractivity contribution is 0.102. The number of nitrogens with two attached hydrogens (primary N) is 1. The third kappa shape index (κ3) is 3.19. The van der Waals surface area contributed by atoms with Gasteiger partial charge in [0, 0.05) is 17.9 Å². The number of amides is 1. The topological polar surface area (TPSA) is 68.0 Å². The van der Waals surface area contributed by atoms with Crippen LogP contribution in [-0.2, 0) is 6.42 Å². The summed E-state index contributed by atoms with van der Waals surface area (Å²) in [6.45, 7) is 0.326. The van der Waals surface area contributed by atoms with Gasteiger partial charge in [-0.05, 0) is 6.54 Å². The van der Waals surface area contributed by atoms with Gasteiger partial charge >= 0.3 is 0 Å². The number of rotatable bonds is 4. The zero-order chi connectivity index (χ0) is 15.6. The summed E-state index contributed by atoms with van der Waals surface area (Å²) in [7, 11) is 0. The molecule has 1 amide bonds. The maximum atomic E-state index is 13.4. The molecular weight excluding hydrogens is 310 g/mol. The summed E-state index contributed by atoms with van der Waals surface area (Å²) >= 11 is 1.14. The van der Waals surface area contributed by atoms with Gasteiger partial charge < -0.3 is 11.1 Å². The molecule has 112 valence electrons. The summed E-state index contributed by atoms with van der Waals surface area (Å²) < 4.78 is 52.9. The first kappa shape index (κ1) is 15.4. The van der Waals surface area contributed by atoms with E-state index in [0.717, 1.165) is 11.3 Å². The van der Waals surface area contributed by atoms with Crippen LogP contribution < -0.4 is 11.1 Å². The summed E-state index contributed by atoms with van der Waals surface area (Å²) in [6, 6.07) is 0.0581. The molecule has 0 aliphatic heterocycles. The van der Waals surface area contributed by atoms with E-state index in [0.29, 0.717) is 18.0 Å². The van der Waals surface area contributed by atoms with Crippen LogP contribution in [0.4, 0.5) is 23.2 Å². The number of aromatic nitrogens is 1. The Morgan fingerprint density at radius 1 is 1.24 bits per heavy atom. The summed E-state index contributed by atoms with van der Waals surface area (Å²) in [5, 5.41) is 3.69. The first-order chi connectivity index (χ1) is 9.93. The highest BCUT2D eigenvalue weighted by molar-refractivity contribution is 7.09. The first-order valence-corrected chi connectivity index (χ1v) is 6.60. The molecule has 0 bridgehead atoms. The molecule has 1 heterocycles. The molecule has 2 rings (SSSR count). The highest BCUT2D eigenvalue weighted by atomic mass is 32.1. The van der Waals surface area contributed by atoms with Crippen molar-refractivity contribution in [2.24, 2.45) is 5.73 Å². The largest absolute Gasteiger partial charge is 0.330 e. The Hall–Kier alpha value is -2.00. The molecule has 0 aliphatic rings. The lowest BCUT2D eigenvalue weighted by Crippen LogP contribution is -2.16. The Bertz CT molecular complexity index is 663. The highest BCUT2D eigenvalue weighted by Gasteiger charge is 2.22. The van der Waals surface area contributed by atoms with E-state index in [2.05, 4.69) is 4.98 Å². The zero-order valence-corrected chi connectivity index (χ0v) is 11.2. The average Bonchev–Trinajstić information content (AvgIpc) is 2.90. The molecule has 0 saturated heterocycles. The Morgan fingerprint density at radius 3 is 2.43 bits per heavy atom. The van der Waals surface area contributed by atoms with Gasteiger partial charge in [0.25, 0.3) is 5.91 Å². The highest BCUT2D eigenvalue weighted by Crippen LogP contribution is 2.24. The van der Waals surface area contributed by atoms with Crippen molar-refractivity contribution in [1.29, 1.82) is 0 Å². The summed E-state index contributed by atoms with van der Waals surface area (Å²) in [5.74, 6) is -7.55. The van der Waals surface area contributed by atoms with Gasteiger partial charge in [-0.2, -0.15) is 0 Å². The molecule has 0 spiro atoms. The number of carbonyl (C=O) groups is 1. The molecule has 0 unspecified atom stereocenters. The number of halogens is 4. The molecule has 1 aromatic carbocycles. The van der Waals surface area contributed by atoms with E-state index in [1.165, 1.54) is 5.38 Å². The number of hydrogen-bond acceptors (Lipinski definition) is 4. The van der Waals surface area contributed by atoms with Gasteiger partial charge in [0.15, 0.2) is 23.3 Å². The van der Waals surface area contributed by atoms with Crippen molar-refractivity contribution >= 4 is 22.9 Å².